The van der Waals surface area contributed by atoms with Crippen molar-refractivity contribution in [3.8, 4) is 0 Å². The number of carbonyl (C=O) groups is 4. The minimum absolute atomic E-state index is 0.0277. The molecule has 14 nitrogen and oxygen atoms in total. The lowest BCUT2D eigenvalue weighted by molar-refractivity contribution is -0.145. The van der Waals surface area contributed by atoms with E-state index in [0.29, 0.717) is 38.3 Å². The molecule has 0 bridgehead atoms. The zero-order chi connectivity index (χ0) is 55.0. The number of carboxylic acid groups (broad SMARTS) is 1. The maximum Gasteiger partial charge on any atom is 0.309 e. The van der Waals surface area contributed by atoms with Crippen molar-refractivity contribution >= 4 is 45.8 Å². The normalized spacial score (nSPS) is 14.7. The highest BCUT2D eigenvalue weighted by Crippen LogP contribution is 2.40. The van der Waals surface area contributed by atoms with Crippen LogP contribution in [0.2, 0.25) is 0 Å². The molecule has 0 fully saturated rings. The van der Waals surface area contributed by atoms with Crippen molar-refractivity contribution in [2.75, 3.05) is 20.2 Å². The Morgan fingerprint density at radius 1 is 0.545 bits per heavy atom. The summed E-state index contributed by atoms with van der Waals surface area (Å²) in [4.78, 5) is 55.7. The number of hydrogen-bond acceptors (Lipinski definition) is 9. The Morgan fingerprint density at radius 2 is 0.974 bits per heavy atom. The van der Waals surface area contributed by atoms with E-state index >= 15 is 0 Å². The summed E-state index contributed by atoms with van der Waals surface area (Å²) in [6.07, 6.45) is 1.57. The molecule has 1 N–H and O–H groups in total. The van der Waals surface area contributed by atoms with Crippen molar-refractivity contribution in [3.63, 3.8) is 0 Å². The second-order valence-electron chi connectivity index (χ2n) is 21.1. The van der Waals surface area contributed by atoms with Crippen molar-refractivity contribution < 1.29 is 29.0 Å². The van der Waals surface area contributed by atoms with E-state index in [1.54, 1.807) is 6.92 Å². The van der Waals surface area contributed by atoms with Gasteiger partial charge >= 0.3 is 11.9 Å². The number of aryl methyl sites for hydroxylation is 8. The van der Waals surface area contributed by atoms with Crippen LogP contribution in [0.25, 0.3) is 22.1 Å². The molecule has 0 radical (unpaired) electrons. The SMILES string of the molecule is CCn1nnc2c(C)c([C@H](c3ccc4c(c3)CN(C(=O)c3ccc(C)c(C)c3)CC4)[C@@H](C)C(=O)O)ccc21.CCn1nnc2c(C)c([C@H](c3ccc4c(c3)CN(C(=O)c3ccc(C)c(C)c3)CC4)[C@@H](C)C(=O)OC)ccc21. The number of nitrogens with zero attached hydrogens (tertiary/aromatic N) is 8. The molecule has 77 heavy (non-hydrogen) atoms. The number of rotatable bonds is 12. The fraction of sp³-hybridized carbons (Fsp3) is 0.365. The second-order valence-corrected chi connectivity index (χ2v) is 21.1. The van der Waals surface area contributed by atoms with Crippen molar-refractivity contribution in [1.82, 2.24) is 39.8 Å². The highest BCUT2D eigenvalue weighted by molar-refractivity contribution is 5.95. The number of hydrogen-bond donors (Lipinski definition) is 1. The first-order valence-corrected chi connectivity index (χ1v) is 26.8. The molecule has 0 unspecified atom stereocenters. The number of esters is 1. The van der Waals surface area contributed by atoms with Crippen LogP contribution >= 0.6 is 0 Å². The first-order valence-electron chi connectivity index (χ1n) is 26.8. The van der Waals surface area contributed by atoms with E-state index in [4.69, 9.17) is 4.74 Å². The zero-order valence-corrected chi connectivity index (χ0v) is 46.3. The summed E-state index contributed by atoms with van der Waals surface area (Å²) in [5, 5.41) is 27.4. The Morgan fingerprint density at radius 3 is 1.36 bits per heavy atom. The molecule has 0 saturated carbocycles. The first-order chi connectivity index (χ1) is 36.9. The number of benzene rings is 6. The van der Waals surface area contributed by atoms with Gasteiger partial charge in [-0.15, -0.1) is 10.2 Å². The third kappa shape index (κ3) is 10.5. The molecule has 0 aliphatic carbocycles. The molecule has 6 aromatic carbocycles. The molecule has 8 aromatic rings. The van der Waals surface area contributed by atoms with Crippen LogP contribution in [0.15, 0.2) is 97.1 Å². The van der Waals surface area contributed by atoms with E-state index in [0.717, 1.165) is 103 Å². The standard InChI is InChI=1S/C32H36N4O3.C31H34N4O3/c1-7-36-28-13-12-27(21(4)30(28)33-34-36)29(22(5)32(38)39-6)24-11-10-23-14-15-35(18-26(23)17-24)31(37)25-9-8-19(2)20(3)16-25;1-6-35-27-12-11-26(20(4)29(27)32-33-35)28(21(5)31(37)38)23-10-9-22-13-14-34(17-25(22)16-23)30(36)24-8-7-18(2)19(3)15-24/h8-13,16-17,22,29H,7,14-15,18H2,1-6H3;7-12,15-16,21,28H,6,13-14,17H2,1-5H3,(H,37,38)/t22-,29+;21-,28+/m11/s1. The van der Waals surface area contributed by atoms with Crippen LogP contribution in [-0.2, 0) is 53.3 Å². The molecule has 4 atom stereocenters. The average molecular weight is 1040 g/mol. The molecular formula is C63H70N8O6. The lowest BCUT2D eigenvalue weighted by atomic mass is 9.78. The van der Waals surface area contributed by atoms with Crippen LogP contribution in [0.1, 0.15) is 138 Å². The number of carbonyl (C=O) groups excluding carboxylic acids is 3. The molecule has 0 saturated heterocycles. The van der Waals surface area contributed by atoms with Gasteiger partial charge in [-0.25, -0.2) is 9.36 Å². The lowest BCUT2D eigenvalue weighted by Gasteiger charge is -2.31. The van der Waals surface area contributed by atoms with Crippen molar-refractivity contribution in [2.45, 2.75) is 120 Å². The molecule has 2 aliphatic heterocycles. The van der Waals surface area contributed by atoms with Crippen LogP contribution in [0.4, 0.5) is 0 Å². The number of carboxylic acids is 1. The Bertz CT molecular complexity index is 3590. The monoisotopic (exact) mass is 1030 g/mol. The Labute approximate surface area is 451 Å². The number of methoxy groups -OCH3 is 1. The predicted molar refractivity (Wildman–Crippen MR) is 299 cm³/mol. The number of fused-ring (bicyclic) bond motifs is 4. The topological polar surface area (TPSA) is 166 Å². The molecule has 398 valence electrons. The third-order valence-electron chi connectivity index (χ3n) is 16.5. The maximum atomic E-state index is 13.4. The van der Waals surface area contributed by atoms with Crippen LogP contribution < -0.4 is 0 Å². The van der Waals surface area contributed by atoms with Crippen LogP contribution in [0.5, 0.6) is 0 Å². The van der Waals surface area contributed by atoms with E-state index in [1.165, 1.54) is 29.4 Å². The second kappa shape index (κ2) is 22.3. The van der Waals surface area contributed by atoms with Gasteiger partial charge < -0.3 is 19.6 Å². The summed E-state index contributed by atoms with van der Waals surface area (Å²) in [7, 11) is 1.43. The average Bonchev–Trinajstić information content (AvgIpc) is 4.10. The molecule has 0 spiro atoms. The number of aromatic nitrogens is 6. The third-order valence-corrected chi connectivity index (χ3v) is 16.5. The minimum Gasteiger partial charge on any atom is -0.481 e. The molecule has 10 rings (SSSR count). The molecular weight excluding hydrogens is 965 g/mol. The molecule has 4 heterocycles. The fourth-order valence-electron chi connectivity index (χ4n) is 11.4. The maximum absolute atomic E-state index is 13.4. The Hall–Kier alpha value is -8.00. The largest absolute Gasteiger partial charge is 0.481 e. The van der Waals surface area contributed by atoms with Crippen molar-refractivity contribution in [2.24, 2.45) is 11.8 Å². The smallest absolute Gasteiger partial charge is 0.309 e. The van der Waals surface area contributed by atoms with Crippen molar-refractivity contribution in [1.29, 1.82) is 0 Å². The number of aliphatic carboxylic acids is 1. The van der Waals surface area contributed by atoms with Gasteiger partial charge in [0.15, 0.2) is 0 Å². The predicted octanol–water partition coefficient (Wildman–Crippen LogP) is 10.9. The Balaban J connectivity index is 0.000000188. The first kappa shape index (κ1) is 53.8. The molecule has 2 amide bonds. The zero-order valence-electron chi connectivity index (χ0n) is 46.3. The van der Waals surface area contributed by atoms with Gasteiger partial charge in [0, 0.05) is 62.2 Å². The highest BCUT2D eigenvalue weighted by atomic mass is 16.5. The summed E-state index contributed by atoms with van der Waals surface area (Å²) in [6, 6.07) is 32.6. The van der Waals surface area contributed by atoms with Gasteiger partial charge in [-0.2, -0.15) is 0 Å². The van der Waals surface area contributed by atoms with E-state index in [-0.39, 0.29) is 29.6 Å². The molecule has 14 heteroatoms. The fourth-order valence-corrected chi connectivity index (χ4v) is 11.4. The highest BCUT2D eigenvalue weighted by Gasteiger charge is 2.33. The molecule has 2 aliphatic rings. The van der Waals surface area contributed by atoms with Gasteiger partial charge in [-0.1, -0.05) is 84.9 Å². The van der Waals surface area contributed by atoms with Gasteiger partial charge in [0.2, 0.25) is 0 Å². The van der Waals surface area contributed by atoms with Crippen LogP contribution in [0.3, 0.4) is 0 Å². The summed E-state index contributed by atoms with van der Waals surface area (Å²) < 4.78 is 8.92. The minimum atomic E-state index is -0.851. The van der Waals surface area contributed by atoms with Gasteiger partial charge in [-0.05, 0) is 183 Å². The van der Waals surface area contributed by atoms with E-state index in [9.17, 15) is 24.3 Å². The number of ether oxygens (including phenoxy) is 1. The number of amides is 2. The van der Waals surface area contributed by atoms with Crippen LogP contribution in [0, 0.1) is 53.4 Å². The summed E-state index contributed by atoms with van der Waals surface area (Å²) >= 11 is 0. The lowest BCUT2D eigenvalue weighted by Crippen LogP contribution is -2.36. The van der Waals surface area contributed by atoms with Gasteiger partial charge in [0.05, 0.1) is 30.0 Å². The van der Waals surface area contributed by atoms with E-state index in [2.05, 4.69) is 70.0 Å². The van der Waals surface area contributed by atoms with Gasteiger partial charge in [0.1, 0.15) is 11.0 Å². The van der Waals surface area contributed by atoms with Gasteiger partial charge in [-0.3, -0.25) is 19.2 Å². The summed E-state index contributed by atoms with van der Waals surface area (Å²) in [6.45, 7) is 23.8. The quantitative estimate of drug-likeness (QED) is 0.116. The summed E-state index contributed by atoms with van der Waals surface area (Å²) in [5.74, 6) is -2.69. The summed E-state index contributed by atoms with van der Waals surface area (Å²) in [5.41, 5.74) is 20.1. The Kier molecular flexibility index (Phi) is 15.6. The molecule has 2 aromatic heterocycles. The van der Waals surface area contributed by atoms with Crippen LogP contribution in [-0.4, -0.2) is 88.8 Å². The van der Waals surface area contributed by atoms with E-state index < -0.39 is 17.8 Å². The van der Waals surface area contributed by atoms with Gasteiger partial charge in [0.25, 0.3) is 11.8 Å². The van der Waals surface area contributed by atoms with E-state index in [1.807, 2.05) is 129 Å². The van der Waals surface area contributed by atoms with Crippen molar-refractivity contribution in [3.05, 3.63) is 186 Å².